The third kappa shape index (κ3) is 2.06. The van der Waals surface area contributed by atoms with E-state index in [1.165, 1.54) is 27.9 Å². The first-order valence-electron chi connectivity index (χ1n) is 7.73. The van der Waals surface area contributed by atoms with Crippen molar-refractivity contribution in [2.75, 3.05) is 18.0 Å². The van der Waals surface area contributed by atoms with Gasteiger partial charge in [-0.05, 0) is 25.0 Å². The van der Waals surface area contributed by atoms with E-state index in [4.69, 9.17) is 0 Å². The Morgan fingerprint density at radius 3 is 2.67 bits per heavy atom. The zero-order valence-electron chi connectivity index (χ0n) is 12.8. The summed E-state index contributed by atoms with van der Waals surface area (Å²) in [7, 11) is 0. The van der Waals surface area contributed by atoms with Gasteiger partial charge >= 0.3 is 12.0 Å². The van der Waals surface area contributed by atoms with Crippen molar-refractivity contribution in [3.63, 3.8) is 0 Å². The van der Waals surface area contributed by atoms with Gasteiger partial charge in [0.1, 0.15) is 17.8 Å². The van der Waals surface area contributed by atoms with Gasteiger partial charge in [0.15, 0.2) is 5.69 Å². The normalized spacial score (nSPS) is 16.0. The minimum atomic E-state index is -1.17. The molecule has 0 unspecified atom stereocenters. The van der Waals surface area contributed by atoms with E-state index in [9.17, 15) is 19.1 Å². The van der Waals surface area contributed by atoms with Crippen LogP contribution >= 0.6 is 0 Å². The molecular weight excluding hydrogens is 315 g/mol. The number of aromatic carboxylic acids is 1. The van der Waals surface area contributed by atoms with E-state index in [0.29, 0.717) is 24.5 Å². The lowest BCUT2D eigenvalue weighted by atomic mass is 10.1. The molecule has 1 fully saturated rings. The van der Waals surface area contributed by atoms with Gasteiger partial charge in [-0.25, -0.2) is 19.0 Å². The van der Waals surface area contributed by atoms with E-state index in [1.54, 1.807) is 11.0 Å². The van der Waals surface area contributed by atoms with Crippen molar-refractivity contribution in [2.24, 2.45) is 0 Å². The van der Waals surface area contributed by atoms with Gasteiger partial charge in [0.25, 0.3) is 0 Å². The van der Waals surface area contributed by atoms with Gasteiger partial charge in [0.2, 0.25) is 0 Å². The van der Waals surface area contributed by atoms with Gasteiger partial charge in [-0.15, -0.1) is 0 Å². The van der Waals surface area contributed by atoms with Crippen LogP contribution in [0.5, 0.6) is 0 Å². The molecule has 0 bridgehead atoms. The van der Waals surface area contributed by atoms with E-state index in [1.807, 2.05) is 0 Å². The Bertz CT molecular complexity index is 842. The van der Waals surface area contributed by atoms with Gasteiger partial charge in [-0.3, -0.25) is 9.47 Å². The van der Waals surface area contributed by atoms with Crippen molar-refractivity contribution in [3.05, 3.63) is 41.7 Å². The number of aromatic nitrogens is 2. The molecule has 24 heavy (non-hydrogen) atoms. The summed E-state index contributed by atoms with van der Waals surface area (Å²) in [6.45, 7) is 1.24. The number of carbonyl (C=O) groups is 2. The van der Waals surface area contributed by atoms with Crippen molar-refractivity contribution in [1.29, 1.82) is 0 Å². The molecule has 1 N–H and O–H groups in total. The molecular formula is C16H15FN4O3. The van der Waals surface area contributed by atoms with Gasteiger partial charge in [0.05, 0.1) is 17.9 Å². The number of urea groups is 1. The van der Waals surface area contributed by atoms with Crippen LogP contribution in [0, 0.1) is 5.82 Å². The summed E-state index contributed by atoms with van der Waals surface area (Å²) >= 11 is 0. The Kier molecular flexibility index (Phi) is 3.26. The molecule has 3 heterocycles. The first-order chi connectivity index (χ1) is 11.6. The van der Waals surface area contributed by atoms with Crippen LogP contribution in [0.25, 0.3) is 5.69 Å². The lowest BCUT2D eigenvalue weighted by Crippen LogP contribution is -2.44. The highest BCUT2D eigenvalue weighted by molar-refractivity contribution is 5.96. The Morgan fingerprint density at radius 1 is 1.21 bits per heavy atom. The first kappa shape index (κ1) is 14.7. The highest BCUT2D eigenvalue weighted by Crippen LogP contribution is 2.36. The second-order valence-corrected chi connectivity index (χ2v) is 5.89. The highest BCUT2D eigenvalue weighted by Gasteiger charge is 2.35. The molecule has 2 amide bonds. The molecule has 4 rings (SSSR count). The number of nitrogens with zero attached hydrogens (tertiary/aromatic N) is 4. The number of halogens is 1. The number of imidazole rings is 1. The number of carbonyl (C=O) groups excluding carboxylic acids is 1. The lowest BCUT2D eigenvalue weighted by Gasteiger charge is -2.33. The number of hydrogen-bond donors (Lipinski definition) is 1. The summed E-state index contributed by atoms with van der Waals surface area (Å²) in [6.07, 6.45) is 3.19. The first-order valence-corrected chi connectivity index (χ1v) is 7.73. The molecule has 8 heteroatoms. The number of hydrogen-bond acceptors (Lipinski definition) is 3. The van der Waals surface area contributed by atoms with E-state index in [2.05, 4.69) is 4.98 Å². The SMILES string of the molecule is O=C(O)c1ncn2c1CN(C(=O)N1CCCC1)c1c(F)cccc1-2. The second-order valence-electron chi connectivity index (χ2n) is 5.89. The largest absolute Gasteiger partial charge is 0.476 e. The summed E-state index contributed by atoms with van der Waals surface area (Å²) in [4.78, 5) is 31.1. The number of benzene rings is 1. The zero-order chi connectivity index (χ0) is 16.8. The highest BCUT2D eigenvalue weighted by atomic mass is 19.1. The predicted molar refractivity (Wildman–Crippen MR) is 82.9 cm³/mol. The molecule has 1 saturated heterocycles. The van der Waals surface area contributed by atoms with Crippen molar-refractivity contribution < 1.29 is 19.1 Å². The number of fused-ring (bicyclic) bond motifs is 3. The summed E-state index contributed by atoms with van der Waals surface area (Å²) in [5.74, 6) is -1.69. The van der Waals surface area contributed by atoms with Crippen LogP contribution in [0.4, 0.5) is 14.9 Å². The Hall–Kier alpha value is -2.90. The fourth-order valence-corrected chi connectivity index (χ4v) is 3.35. The summed E-state index contributed by atoms with van der Waals surface area (Å²) in [5.41, 5.74) is 0.831. The van der Waals surface area contributed by atoms with Gasteiger partial charge in [-0.2, -0.15) is 0 Å². The monoisotopic (exact) mass is 330 g/mol. The molecule has 2 aromatic rings. The quantitative estimate of drug-likeness (QED) is 0.870. The van der Waals surface area contributed by atoms with Crippen molar-refractivity contribution >= 4 is 17.7 Å². The van der Waals surface area contributed by atoms with Gasteiger partial charge in [0, 0.05) is 13.1 Å². The third-order valence-electron chi connectivity index (χ3n) is 4.48. The molecule has 0 saturated carbocycles. The zero-order valence-corrected chi connectivity index (χ0v) is 12.8. The van der Waals surface area contributed by atoms with Crippen LogP contribution < -0.4 is 4.90 Å². The van der Waals surface area contributed by atoms with E-state index >= 15 is 0 Å². The average Bonchev–Trinajstić information content (AvgIpc) is 3.23. The number of carboxylic acids is 1. The van der Waals surface area contributed by atoms with Crippen LogP contribution in [0.1, 0.15) is 29.0 Å². The molecule has 0 aliphatic carbocycles. The standard InChI is InChI=1S/C16H15FN4O3/c17-10-4-3-5-11-14(10)20(16(24)19-6-1-2-7-19)8-12-13(15(22)23)18-9-21(11)12/h3-5,9H,1-2,6-8H2,(H,22,23). The van der Waals surface area contributed by atoms with Gasteiger partial charge in [-0.1, -0.05) is 6.07 Å². The minimum absolute atomic E-state index is 0.0229. The third-order valence-corrected chi connectivity index (χ3v) is 4.48. The van der Waals surface area contributed by atoms with Crippen LogP contribution in [0.15, 0.2) is 24.5 Å². The minimum Gasteiger partial charge on any atom is -0.476 e. The Morgan fingerprint density at radius 2 is 1.96 bits per heavy atom. The number of carboxylic acid groups (broad SMARTS) is 1. The van der Waals surface area contributed by atoms with Crippen LogP contribution in [-0.4, -0.2) is 44.6 Å². The number of amides is 2. The number of anilines is 1. The Balaban J connectivity index is 1.86. The van der Waals surface area contributed by atoms with Crippen molar-refractivity contribution in [2.45, 2.75) is 19.4 Å². The van der Waals surface area contributed by atoms with E-state index in [0.717, 1.165) is 12.8 Å². The second kappa shape index (κ2) is 5.33. The predicted octanol–water partition coefficient (Wildman–Crippen LogP) is 2.25. The van der Waals surface area contributed by atoms with Crippen molar-refractivity contribution in [3.8, 4) is 5.69 Å². The fourth-order valence-electron chi connectivity index (χ4n) is 3.35. The molecule has 2 aliphatic heterocycles. The van der Waals surface area contributed by atoms with Crippen LogP contribution in [0.3, 0.4) is 0 Å². The Labute approximate surface area is 136 Å². The summed E-state index contributed by atoms with van der Waals surface area (Å²) in [6, 6.07) is 4.17. The lowest BCUT2D eigenvalue weighted by molar-refractivity contribution is 0.0689. The molecule has 124 valence electrons. The molecule has 0 radical (unpaired) electrons. The summed E-state index contributed by atoms with van der Waals surface area (Å²) < 4.78 is 16.0. The van der Waals surface area contributed by atoms with E-state index < -0.39 is 11.8 Å². The smallest absolute Gasteiger partial charge is 0.356 e. The maximum Gasteiger partial charge on any atom is 0.356 e. The maximum atomic E-state index is 14.5. The summed E-state index contributed by atoms with van der Waals surface area (Å²) in [5, 5.41) is 9.30. The number of likely N-dealkylation sites (tertiary alicyclic amines) is 1. The van der Waals surface area contributed by atoms with Crippen LogP contribution in [0.2, 0.25) is 0 Å². The molecule has 0 spiro atoms. The topological polar surface area (TPSA) is 78.7 Å². The maximum absolute atomic E-state index is 14.5. The molecule has 0 atom stereocenters. The van der Waals surface area contributed by atoms with Gasteiger partial charge < -0.3 is 10.0 Å². The molecule has 1 aromatic carbocycles. The van der Waals surface area contributed by atoms with E-state index in [-0.39, 0.29) is 24.0 Å². The number of rotatable bonds is 1. The molecule has 7 nitrogen and oxygen atoms in total. The van der Waals surface area contributed by atoms with Crippen LogP contribution in [-0.2, 0) is 6.54 Å². The average molecular weight is 330 g/mol. The van der Waals surface area contributed by atoms with Crippen molar-refractivity contribution in [1.82, 2.24) is 14.5 Å². The fraction of sp³-hybridized carbons (Fsp3) is 0.312. The molecule has 2 aliphatic rings. The number of para-hydroxylation sites is 1. The molecule has 1 aromatic heterocycles.